The average Bonchev–Trinajstić information content (AvgIpc) is 2.43. The van der Waals surface area contributed by atoms with E-state index >= 15 is 0 Å². The molecule has 0 saturated heterocycles. The maximum Gasteiger partial charge on any atom is 0.267 e. The van der Waals surface area contributed by atoms with Gasteiger partial charge in [0.15, 0.2) is 0 Å². The number of rotatable bonds is 3. The van der Waals surface area contributed by atoms with E-state index in [1.54, 1.807) is 24.3 Å². The summed E-state index contributed by atoms with van der Waals surface area (Å²) < 4.78 is 1.78. The van der Waals surface area contributed by atoms with Gasteiger partial charge in [-0.15, -0.1) is 0 Å². The standard InChI is InChI=1S/C12H11BrN4O2/c13-10-5-15-7-17(12(10)19)6-8-3-1-2-4-9(8)11(18)16-14/h1-5,7H,6,14H2,(H,16,18). The van der Waals surface area contributed by atoms with E-state index in [-0.39, 0.29) is 12.1 Å². The summed E-state index contributed by atoms with van der Waals surface area (Å²) in [5.41, 5.74) is 2.99. The molecule has 19 heavy (non-hydrogen) atoms. The molecule has 6 nitrogen and oxygen atoms in total. The van der Waals surface area contributed by atoms with E-state index in [4.69, 9.17) is 5.84 Å². The van der Waals surface area contributed by atoms with Crippen molar-refractivity contribution in [3.8, 4) is 0 Å². The highest BCUT2D eigenvalue weighted by atomic mass is 79.9. The first-order valence-electron chi connectivity index (χ1n) is 5.42. The Bertz CT molecular complexity index is 669. The first-order chi connectivity index (χ1) is 9.13. The van der Waals surface area contributed by atoms with Crippen LogP contribution in [0.15, 0.2) is 46.1 Å². The van der Waals surface area contributed by atoms with Crippen LogP contribution in [0, 0.1) is 0 Å². The maximum atomic E-state index is 11.9. The third-order valence-electron chi connectivity index (χ3n) is 2.59. The number of nitrogen functional groups attached to an aromatic ring is 1. The van der Waals surface area contributed by atoms with Crippen molar-refractivity contribution in [1.82, 2.24) is 15.0 Å². The summed E-state index contributed by atoms with van der Waals surface area (Å²) in [7, 11) is 0. The Morgan fingerprint density at radius 1 is 1.42 bits per heavy atom. The number of amides is 1. The first kappa shape index (κ1) is 13.4. The van der Waals surface area contributed by atoms with Crippen molar-refractivity contribution < 1.29 is 4.79 Å². The van der Waals surface area contributed by atoms with E-state index in [2.05, 4.69) is 26.3 Å². The van der Waals surface area contributed by atoms with Gasteiger partial charge in [0, 0.05) is 11.8 Å². The second-order valence-electron chi connectivity index (χ2n) is 3.81. The lowest BCUT2D eigenvalue weighted by Crippen LogP contribution is -2.31. The molecule has 0 aliphatic heterocycles. The maximum absolute atomic E-state index is 11.9. The highest BCUT2D eigenvalue weighted by molar-refractivity contribution is 9.10. The summed E-state index contributed by atoms with van der Waals surface area (Å²) in [6, 6.07) is 6.93. The van der Waals surface area contributed by atoms with Crippen LogP contribution in [0.4, 0.5) is 0 Å². The highest BCUT2D eigenvalue weighted by Crippen LogP contribution is 2.10. The lowest BCUT2D eigenvalue weighted by molar-refractivity contribution is 0.0952. The molecule has 1 amide bonds. The summed E-state index contributed by atoms with van der Waals surface area (Å²) in [6.07, 6.45) is 2.85. The number of nitrogens with one attached hydrogen (secondary N) is 1. The first-order valence-corrected chi connectivity index (χ1v) is 6.21. The van der Waals surface area contributed by atoms with Gasteiger partial charge in [-0.05, 0) is 27.6 Å². The quantitative estimate of drug-likeness (QED) is 0.493. The number of nitrogens with zero attached hydrogens (tertiary/aromatic N) is 2. The Kier molecular flexibility index (Phi) is 4.08. The molecule has 7 heteroatoms. The molecule has 0 unspecified atom stereocenters. The molecule has 2 rings (SSSR count). The molecule has 0 saturated carbocycles. The summed E-state index contributed by atoms with van der Waals surface area (Å²) >= 11 is 3.13. The monoisotopic (exact) mass is 322 g/mol. The molecule has 0 fully saturated rings. The van der Waals surface area contributed by atoms with Gasteiger partial charge in [-0.1, -0.05) is 18.2 Å². The average molecular weight is 323 g/mol. The molecule has 1 aromatic heterocycles. The van der Waals surface area contributed by atoms with Crippen LogP contribution >= 0.6 is 15.9 Å². The van der Waals surface area contributed by atoms with Crippen LogP contribution in [0.3, 0.4) is 0 Å². The predicted molar refractivity (Wildman–Crippen MR) is 73.4 cm³/mol. The molecule has 2 aromatic rings. The van der Waals surface area contributed by atoms with Crippen LogP contribution in [-0.2, 0) is 6.54 Å². The number of nitrogens with two attached hydrogens (primary N) is 1. The minimum atomic E-state index is -0.397. The molecule has 98 valence electrons. The number of halogens is 1. The number of hydrogen-bond acceptors (Lipinski definition) is 4. The Morgan fingerprint density at radius 2 is 2.16 bits per heavy atom. The van der Waals surface area contributed by atoms with E-state index in [9.17, 15) is 9.59 Å². The van der Waals surface area contributed by atoms with Gasteiger partial charge >= 0.3 is 0 Å². The number of carbonyl (C=O) groups is 1. The molecule has 3 N–H and O–H groups in total. The Labute approximate surface area is 117 Å². The zero-order chi connectivity index (χ0) is 13.8. The van der Waals surface area contributed by atoms with Gasteiger partial charge in [0.1, 0.15) is 4.47 Å². The number of carbonyl (C=O) groups excluding carboxylic acids is 1. The van der Waals surface area contributed by atoms with E-state index in [1.807, 2.05) is 0 Å². The van der Waals surface area contributed by atoms with Crippen molar-refractivity contribution in [2.24, 2.45) is 5.84 Å². The van der Waals surface area contributed by atoms with Gasteiger partial charge in [0.05, 0.1) is 12.9 Å². The molecule has 0 bridgehead atoms. The zero-order valence-electron chi connectivity index (χ0n) is 9.84. The third kappa shape index (κ3) is 2.88. The molecular formula is C12H11BrN4O2. The molecule has 1 aromatic carbocycles. The smallest absolute Gasteiger partial charge is 0.267 e. The van der Waals surface area contributed by atoms with Gasteiger partial charge in [0.2, 0.25) is 0 Å². The van der Waals surface area contributed by atoms with Crippen molar-refractivity contribution in [1.29, 1.82) is 0 Å². The molecule has 0 radical (unpaired) electrons. The molecule has 0 atom stereocenters. The molecular weight excluding hydrogens is 312 g/mol. The lowest BCUT2D eigenvalue weighted by Gasteiger charge is -2.09. The van der Waals surface area contributed by atoms with Crippen molar-refractivity contribution in [3.05, 3.63) is 62.7 Å². The van der Waals surface area contributed by atoms with Gasteiger partial charge in [0.25, 0.3) is 11.5 Å². The summed E-state index contributed by atoms with van der Waals surface area (Å²) in [4.78, 5) is 27.4. The van der Waals surface area contributed by atoms with Crippen LogP contribution in [0.1, 0.15) is 15.9 Å². The van der Waals surface area contributed by atoms with Crippen molar-refractivity contribution in [2.45, 2.75) is 6.54 Å². The number of aromatic nitrogens is 2. The Hall–Kier alpha value is -1.99. The summed E-state index contributed by atoms with van der Waals surface area (Å²) in [5.74, 6) is 4.74. The summed E-state index contributed by atoms with van der Waals surface area (Å²) in [5, 5.41) is 0. The Balaban J connectivity index is 2.41. The minimum Gasteiger partial charge on any atom is -0.294 e. The number of benzene rings is 1. The normalized spacial score (nSPS) is 10.2. The second-order valence-corrected chi connectivity index (χ2v) is 4.66. The van der Waals surface area contributed by atoms with Gasteiger partial charge in [-0.25, -0.2) is 10.8 Å². The molecule has 0 aliphatic rings. The zero-order valence-corrected chi connectivity index (χ0v) is 11.4. The lowest BCUT2D eigenvalue weighted by atomic mass is 10.1. The number of hydrazine groups is 1. The fraction of sp³-hybridized carbons (Fsp3) is 0.0833. The minimum absolute atomic E-state index is 0.210. The van der Waals surface area contributed by atoms with Crippen LogP contribution in [0.5, 0.6) is 0 Å². The van der Waals surface area contributed by atoms with Crippen molar-refractivity contribution >= 4 is 21.8 Å². The SMILES string of the molecule is NNC(=O)c1ccccc1Cn1cncc(Br)c1=O. The van der Waals surface area contributed by atoms with E-state index < -0.39 is 5.91 Å². The molecule has 0 aliphatic carbocycles. The third-order valence-corrected chi connectivity index (χ3v) is 3.14. The largest absolute Gasteiger partial charge is 0.294 e. The van der Waals surface area contributed by atoms with Gasteiger partial charge in [-0.3, -0.25) is 19.6 Å². The van der Waals surface area contributed by atoms with Crippen LogP contribution in [-0.4, -0.2) is 15.5 Å². The Morgan fingerprint density at radius 3 is 2.89 bits per heavy atom. The summed E-state index contributed by atoms with van der Waals surface area (Å²) in [6.45, 7) is 0.245. The second kappa shape index (κ2) is 5.77. The fourth-order valence-corrected chi connectivity index (χ4v) is 2.02. The van der Waals surface area contributed by atoms with Crippen LogP contribution in [0.2, 0.25) is 0 Å². The predicted octanol–water partition coefficient (Wildman–Crippen LogP) is 0.658. The van der Waals surface area contributed by atoms with E-state index in [0.29, 0.717) is 15.6 Å². The number of hydrogen-bond donors (Lipinski definition) is 2. The van der Waals surface area contributed by atoms with Crippen LogP contribution in [0.25, 0.3) is 0 Å². The molecule has 1 heterocycles. The van der Waals surface area contributed by atoms with Crippen LogP contribution < -0.4 is 16.8 Å². The fourth-order valence-electron chi connectivity index (χ4n) is 1.68. The van der Waals surface area contributed by atoms with Crippen molar-refractivity contribution in [3.63, 3.8) is 0 Å². The van der Waals surface area contributed by atoms with Crippen molar-refractivity contribution in [2.75, 3.05) is 0 Å². The highest BCUT2D eigenvalue weighted by Gasteiger charge is 2.10. The van der Waals surface area contributed by atoms with Gasteiger partial charge in [-0.2, -0.15) is 0 Å². The van der Waals surface area contributed by atoms with E-state index in [0.717, 1.165) is 0 Å². The van der Waals surface area contributed by atoms with Gasteiger partial charge < -0.3 is 0 Å². The topological polar surface area (TPSA) is 90.0 Å². The molecule has 0 spiro atoms. The van der Waals surface area contributed by atoms with E-state index in [1.165, 1.54) is 17.1 Å².